The molecule has 1 unspecified atom stereocenters. The van der Waals surface area contributed by atoms with Crippen molar-refractivity contribution >= 4 is 5.97 Å². The highest BCUT2D eigenvalue weighted by Crippen LogP contribution is 2.21. The van der Waals surface area contributed by atoms with Crippen LogP contribution in [0.1, 0.15) is 64.7 Å². The smallest absolute Gasteiger partial charge is 0.305 e. The van der Waals surface area contributed by atoms with E-state index in [0.29, 0.717) is 18.9 Å². The van der Waals surface area contributed by atoms with E-state index in [2.05, 4.69) is 6.92 Å². The minimum atomic E-state index is -0.00537. The van der Waals surface area contributed by atoms with Crippen molar-refractivity contribution in [2.75, 3.05) is 6.61 Å². The van der Waals surface area contributed by atoms with Crippen LogP contribution in [0.25, 0.3) is 0 Å². The molecule has 0 N–H and O–H groups in total. The monoisotopic (exact) mass is 212 g/mol. The maximum absolute atomic E-state index is 10.8. The number of unbranched alkanes of at least 4 members (excludes halogenated alkanes) is 5. The Morgan fingerprint density at radius 2 is 1.93 bits per heavy atom. The van der Waals surface area contributed by atoms with Crippen LogP contribution < -0.4 is 0 Å². The van der Waals surface area contributed by atoms with Gasteiger partial charge in [0.2, 0.25) is 0 Å². The van der Waals surface area contributed by atoms with Gasteiger partial charge in [0.15, 0.2) is 0 Å². The van der Waals surface area contributed by atoms with Crippen molar-refractivity contribution in [1.29, 1.82) is 0 Å². The molecule has 0 amide bonds. The molecule has 2 nitrogen and oxygen atoms in total. The van der Waals surface area contributed by atoms with Crippen molar-refractivity contribution in [3.8, 4) is 0 Å². The topological polar surface area (TPSA) is 26.3 Å². The van der Waals surface area contributed by atoms with Crippen LogP contribution in [0.2, 0.25) is 0 Å². The summed E-state index contributed by atoms with van der Waals surface area (Å²) in [5.74, 6) is 0.642. The number of hydrogen-bond acceptors (Lipinski definition) is 2. The van der Waals surface area contributed by atoms with Crippen molar-refractivity contribution in [3.05, 3.63) is 0 Å². The zero-order chi connectivity index (χ0) is 10.9. The van der Waals surface area contributed by atoms with Crippen LogP contribution in [0.4, 0.5) is 0 Å². The largest absolute Gasteiger partial charge is 0.465 e. The molecule has 0 saturated carbocycles. The van der Waals surface area contributed by atoms with Crippen LogP contribution in [0, 0.1) is 5.92 Å². The van der Waals surface area contributed by atoms with Crippen LogP contribution in [0.15, 0.2) is 0 Å². The molecule has 1 heterocycles. The van der Waals surface area contributed by atoms with Gasteiger partial charge in [-0.25, -0.2) is 0 Å². The highest BCUT2D eigenvalue weighted by Gasteiger charge is 2.18. The van der Waals surface area contributed by atoms with E-state index in [1.165, 1.54) is 44.9 Å². The Kier molecular flexibility index (Phi) is 6.45. The highest BCUT2D eigenvalue weighted by molar-refractivity contribution is 5.69. The van der Waals surface area contributed by atoms with Gasteiger partial charge in [-0.15, -0.1) is 0 Å². The summed E-state index contributed by atoms with van der Waals surface area (Å²) in [7, 11) is 0. The second kappa shape index (κ2) is 7.72. The number of ether oxygens (including phenoxy) is 1. The van der Waals surface area contributed by atoms with Crippen LogP contribution >= 0.6 is 0 Å². The number of cyclic esters (lactones) is 1. The summed E-state index contributed by atoms with van der Waals surface area (Å²) in [4.78, 5) is 10.8. The van der Waals surface area contributed by atoms with Crippen LogP contribution in [-0.4, -0.2) is 12.6 Å². The van der Waals surface area contributed by atoms with E-state index >= 15 is 0 Å². The molecule has 15 heavy (non-hydrogen) atoms. The van der Waals surface area contributed by atoms with Gasteiger partial charge in [0, 0.05) is 6.42 Å². The van der Waals surface area contributed by atoms with Gasteiger partial charge in [-0.05, 0) is 18.8 Å². The molecule has 1 aliphatic heterocycles. The summed E-state index contributed by atoms with van der Waals surface area (Å²) < 4.78 is 5.05. The predicted molar refractivity (Wildman–Crippen MR) is 61.7 cm³/mol. The SMILES string of the molecule is CCCCCCCCC1CCC(=O)OC1. The Labute approximate surface area is 93.4 Å². The van der Waals surface area contributed by atoms with E-state index in [0.717, 1.165) is 6.42 Å². The molecular formula is C13H24O2. The average molecular weight is 212 g/mol. The summed E-state index contributed by atoms with van der Waals surface area (Å²) >= 11 is 0. The summed E-state index contributed by atoms with van der Waals surface area (Å²) in [5.41, 5.74) is 0. The Balaban J connectivity index is 1.89. The zero-order valence-corrected chi connectivity index (χ0v) is 9.96. The minimum absolute atomic E-state index is 0.00537. The van der Waals surface area contributed by atoms with Crippen molar-refractivity contribution in [1.82, 2.24) is 0 Å². The summed E-state index contributed by atoms with van der Waals surface area (Å²) in [5, 5.41) is 0. The van der Waals surface area contributed by atoms with Gasteiger partial charge in [0.1, 0.15) is 0 Å². The molecule has 0 aliphatic carbocycles. The van der Waals surface area contributed by atoms with E-state index < -0.39 is 0 Å². The summed E-state index contributed by atoms with van der Waals surface area (Å²) in [6.45, 7) is 2.92. The van der Waals surface area contributed by atoms with Gasteiger partial charge in [-0.1, -0.05) is 45.4 Å². The molecule has 0 aromatic rings. The zero-order valence-electron chi connectivity index (χ0n) is 9.96. The molecule has 1 rings (SSSR count). The molecule has 2 heteroatoms. The van der Waals surface area contributed by atoms with Crippen LogP contribution in [0.3, 0.4) is 0 Å². The molecule has 0 radical (unpaired) electrons. The van der Waals surface area contributed by atoms with Gasteiger partial charge < -0.3 is 4.74 Å². The van der Waals surface area contributed by atoms with Gasteiger partial charge in [0.05, 0.1) is 6.61 Å². The average Bonchev–Trinajstić information content (AvgIpc) is 2.26. The first kappa shape index (κ1) is 12.5. The maximum Gasteiger partial charge on any atom is 0.305 e. The summed E-state index contributed by atoms with van der Waals surface area (Å²) in [6.07, 6.45) is 11.1. The van der Waals surface area contributed by atoms with Gasteiger partial charge in [0.25, 0.3) is 0 Å². The number of esters is 1. The van der Waals surface area contributed by atoms with E-state index in [1.807, 2.05) is 0 Å². The van der Waals surface area contributed by atoms with Crippen LogP contribution in [-0.2, 0) is 9.53 Å². The molecule has 1 saturated heterocycles. The van der Waals surface area contributed by atoms with Crippen LogP contribution in [0.5, 0.6) is 0 Å². The predicted octanol–water partition coefficient (Wildman–Crippen LogP) is 3.69. The third-order valence-corrected chi connectivity index (χ3v) is 3.20. The Morgan fingerprint density at radius 3 is 2.60 bits per heavy atom. The Bertz CT molecular complexity index is 167. The number of carbonyl (C=O) groups excluding carboxylic acids is 1. The second-order valence-electron chi connectivity index (χ2n) is 4.64. The lowest BCUT2D eigenvalue weighted by molar-refractivity contribution is -0.149. The highest BCUT2D eigenvalue weighted by atomic mass is 16.5. The third-order valence-electron chi connectivity index (χ3n) is 3.20. The molecule has 0 bridgehead atoms. The van der Waals surface area contributed by atoms with Gasteiger partial charge in [-0.3, -0.25) is 4.79 Å². The van der Waals surface area contributed by atoms with Crippen molar-refractivity contribution in [2.45, 2.75) is 64.7 Å². The number of carbonyl (C=O) groups is 1. The lowest BCUT2D eigenvalue weighted by Gasteiger charge is -2.21. The fraction of sp³-hybridized carbons (Fsp3) is 0.923. The first-order valence-electron chi connectivity index (χ1n) is 6.48. The molecule has 0 aromatic carbocycles. The van der Waals surface area contributed by atoms with Gasteiger partial charge in [-0.2, -0.15) is 0 Å². The molecule has 88 valence electrons. The van der Waals surface area contributed by atoms with Crippen molar-refractivity contribution in [3.63, 3.8) is 0 Å². The minimum Gasteiger partial charge on any atom is -0.465 e. The van der Waals surface area contributed by atoms with E-state index in [1.54, 1.807) is 0 Å². The molecule has 0 aromatic heterocycles. The standard InChI is InChI=1S/C13H24O2/c1-2-3-4-5-6-7-8-12-9-10-13(14)15-11-12/h12H,2-11H2,1H3. The molecular weight excluding hydrogens is 188 g/mol. The lowest BCUT2D eigenvalue weighted by Crippen LogP contribution is -2.21. The van der Waals surface area contributed by atoms with Crippen molar-refractivity contribution in [2.24, 2.45) is 5.92 Å². The normalized spacial score (nSPS) is 21.4. The van der Waals surface area contributed by atoms with Gasteiger partial charge >= 0.3 is 5.97 Å². The quantitative estimate of drug-likeness (QED) is 0.475. The Hall–Kier alpha value is -0.530. The van der Waals surface area contributed by atoms with E-state index in [4.69, 9.17) is 4.74 Å². The molecule has 1 atom stereocenters. The first-order chi connectivity index (χ1) is 7.33. The third kappa shape index (κ3) is 5.81. The number of hydrogen-bond donors (Lipinski definition) is 0. The summed E-state index contributed by atoms with van der Waals surface area (Å²) in [6, 6.07) is 0. The molecule has 0 spiro atoms. The Morgan fingerprint density at radius 1 is 1.20 bits per heavy atom. The fourth-order valence-corrected chi connectivity index (χ4v) is 2.13. The second-order valence-corrected chi connectivity index (χ2v) is 4.64. The van der Waals surface area contributed by atoms with E-state index in [-0.39, 0.29) is 5.97 Å². The van der Waals surface area contributed by atoms with E-state index in [9.17, 15) is 4.79 Å². The first-order valence-corrected chi connectivity index (χ1v) is 6.48. The van der Waals surface area contributed by atoms with Crippen molar-refractivity contribution < 1.29 is 9.53 Å². The fourth-order valence-electron chi connectivity index (χ4n) is 2.13. The maximum atomic E-state index is 10.8. The molecule has 1 aliphatic rings. The number of rotatable bonds is 7. The lowest BCUT2D eigenvalue weighted by atomic mass is 9.95. The molecule has 1 fully saturated rings.